The average Bonchev–Trinajstić information content (AvgIpc) is 2.31. The fourth-order valence-electron chi connectivity index (χ4n) is 2.06. The van der Waals surface area contributed by atoms with Crippen molar-refractivity contribution in [1.82, 2.24) is 15.2 Å². The van der Waals surface area contributed by atoms with Crippen LogP contribution < -0.4 is 10.7 Å². The van der Waals surface area contributed by atoms with Crippen LogP contribution in [0.1, 0.15) is 16.8 Å². The van der Waals surface area contributed by atoms with Crippen LogP contribution in [0, 0.1) is 13.8 Å². The molecule has 1 aliphatic heterocycles. The van der Waals surface area contributed by atoms with Gasteiger partial charge in [0.05, 0.1) is 0 Å². The highest BCUT2D eigenvalue weighted by Gasteiger charge is 2.12. The predicted octanol–water partition coefficient (Wildman–Crippen LogP) is 1.55. The number of nitrogens with one attached hydrogen (secondary N) is 2. The van der Waals surface area contributed by atoms with E-state index >= 15 is 0 Å². The molecule has 1 aromatic heterocycles. The SMILES string of the molecule is Br.Br.Cc1c[nH]c(CN2CCNCC2)c(C)c1=O. The molecular formula is C12H21Br2N3O. The second-order valence-corrected chi connectivity index (χ2v) is 4.43. The van der Waals surface area contributed by atoms with E-state index in [1.165, 1.54) is 0 Å². The van der Waals surface area contributed by atoms with E-state index in [0.717, 1.165) is 49.5 Å². The molecule has 2 rings (SSSR count). The van der Waals surface area contributed by atoms with Crippen molar-refractivity contribution < 1.29 is 0 Å². The van der Waals surface area contributed by atoms with E-state index in [-0.39, 0.29) is 39.4 Å². The highest BCUT2D eigenvalue weighted by molar-refractivity contribution is 8.93. The van der Waals surface area contributed by atoms with E-state index in [1.807, 2.05) is 20.0 Å². The molecular weight excluding hydrogens is 362 g/mol. The van der Waals surface area contributed by atoms with Gasteiger partial charge in [0.2, 0.25) is 0 Å². The van der Waals surface area contributed by atoms with Crippen LogP contribution in [0.2, 0.25) is 0 Å². The summed E-state index contributed by atoms with van der Waals surface area (Å²) in [6.07, 6.45) is 1.81. The third-order valence-corrected chi connectivity index (χ3v) is 3.21. The zero-order valence-corrected chi connectivity index (χ0v) is 14.2. The van der Waals surface area contributed by atoms with Crippen molar-refractivity contribution in [2.24, 2.45) is 0 Å². The molecule has 6 heteroatoms. The Morgan fingerprint density at radius 2 is 1.83 bits per heavy atom. The van der Waals surface area contributed by atoms with Crippen molar-refractivity contribution in [2.75, 3.05) is 26.2 Å². The number of nitrogens with zero attached hydrogens (tertiary/aromatic N) is 1. The van der Waals surface area contributed by atoms with E-state index in [2.05, 4.69) is 15.2 Å². The van der Waals surface area contributed by atoms with Crippen LogP contribution in [0.4, 0.5) is 0 Å². The monoisotopic (exact) mass is 381 g/mol. The average molecular weight is 383 g/mol. The molecule has 0 atom stereocenters. The third kappa shape index (κ3) is 4.19. The molecule has 1 aliphatic rings. The normalized spacial score (nSPS) is 15.7. The summed E-state index contributed by atoms with van der Waals surface area (Å²) in [5.41, 5.74) is 2.88. The molecule has 0 bridgehead atoms. The van der Waals surface area contributed by atoms with Crippen molar-refractivity contribution in [3.8, 4) is 0 Å². The number of hydrogen-bond acceptors (Lipinski definition) is 3. The topological polar surface area (TPSA) is 48.1 Å². The summed E-state index contributed by atoms with van der Waals surface area (Å²) in [5, 5.41) is 3.32. The first-order valence-corrected chi connectivity index (χ1v) is 5.79. The molecule has 0 amide bonds. The Bertz CT molecular complexity index is 428. The predicted molar refractivity (Wildman–Crippen MR) is 85.3 cm³/mol. The molecule has 0 radical (unpaired) electrons. The molecule has 4 nitrogen and oxygen atoms in total. The third-order valence-electron chi connectivity index (χ3n) is 3.21. The van der Waals surface area contributed by atoms with Gasteiger partial charge in [-0.3, -0.25) is 9.69 Å². The number of aromatic nitrogens is 1. The lowest BCUT2D eigenvalue weighted by atomic mass is 10.1. The lowest BCUT2D eigenvalue weighted by Gasteiger charge is -2.27. The molecule has 104 valence electrons. The van der Waals surface area contributed by atoms with Crippen LogP contribution in [-0.2, 0) is 6.54 Å². The number of piperazine rings is 1. The standard InChI is InChI=1S/C12H19N3O.2BrH/c1-9-7-14-11(10(2)12(9)16)8-15-5-3-13-4-6-15;;/h7,13H,3-6,8H2,1-2H3,(H,14,16);2*1H. The lowest BCUT2D eigenvalue weighted by molar-refractivity contribution is 0.230. The van der Waals surface area contributed by atoms with Crippen molar-refractivity contribution in [1.29, 1.82) is 0 Å². The van der Waals surface area contributed by atoms with Gasteiger partial charge in [0.25, 0.3) is 0 Å². The number of rotatable bonds is 2. The second-order valence-electron chi connectivity index (χ2n) is 4.43. The van der Waals surface area contributed by atoms with Gasteiger partial charge in [0.15, 0.2) is 5.43 Å². The Morgan fingerprint density at radius 1 is 1.22 bits per heavy atom. The highest BCUT2D eigenvalue weighted by atomic mass is 79.9. The molecule has 2 heterocycles. The fourth-order valence-corrected chi connectivity index (χ4v) is 2.06. The quantitative estimate of drug-likeness (QED) is 0.815. The Balaban J connectivity index is 0.00000144. The molecule has 1 aromatic rings. The summed E-state index contributed by atoms with van der Waals surface area (Å²) in [4.78, 5) is 17.4. The van der Waals surface area contributed by atoms with E-state index < -0.39 is 0 Å². The van der Waals surface area contributed by atoms with Gasteiger partial charge in [-0.2, -0.15) is 0 Å². The largest absolute Gasteiger partial charge is 0.363 e. The Kier molecular flexibility index (Phi) is 8.02. The summed E-state index contributed by atoms with van der Waals surface area (Å²) in [5.74, 6) is 0. The van der Waals surface area contributed by atoms with Crippen LogP contribution >= 0.6 is 34.0 Å². The van der Waals surface area contributed by atoms with E-state index in [0.29, 0.717) is 0 Å². The van der Waals surface area contributed by atoms with Gasteiger partial charge in [-0.25, -0.2) is 0 Å². The first-order chi connectivity index (χ1) is 7.68. The van der Waals surface area contributed by atoms with Crippen LogP contribution in [-0.4, -0.2) is 36.1 Å². The summed E-state index contributed by atoms with van der Waals surface area (Å²) < 4.78 is 0. The Morgan fingerprint density at radius 3 is 2.44 bits per heavy atom. The first-order valence-electron chi connectivity index (χ1n) is 5.79. The highest BCUT2D eigenvalue weighted by Crippen LogP contribution is 2.06. The van der Waals surface area contributed by atoms with Crippen LogP contribution in [0.5, 0.6) is 0 Å². The van der Waals surface area contributed by atoms with Crippen molar-refractivity contribution in [3.63, 3.8) is 0 Å². The van der Waals surface area contributed by atoms with Gasteiger partial charge in [0.1, 0.15) is 0 Å². The fraction of sp³-hybridized carbons (Fsp3) is 0.583. The van der Waals surface area contributed by atoms with Crippen LogP contribution in [0.3, 0.4) is 0 Å². The zero-order chi connectivity index (χ0) is 11.5. The van der Waals surface area contributed by atoms with Gasteiger partial charge < -0.3 is 10.3 Å². The van der Waals surface area contributed by atoms with Crippen LogP contribution in [0.25, 0.3) is 0 Å². The van der Waals surface area contributed by atoms with E-state index in [4.69, 9.17) is 0 Å². The van der Waals surface area contributed by atoms with Gasteiger partial charge in [-0.15, -0.1) is 34.0 Å². The molecule has 0 unspecified atom stereocenters. The Labute approximate surface area is 129 Å². The van der Waals surface area contributed by atoms with E-state index in [1.54, 1.807) is 0 Å². The molecule has 0 aliphatic carbocycles. The van der Waals surface area contributed by atoms with Crippen molar-refractivity contribution in [2.45, 2.75) is 20.4 Å². The number of halogens is 2. The molecule has 1 saturated heterocycles. The zero-order valence-electron chi connectivity index (χ0n) is 10.8. The summed E-state index contributed by atoms with van der Waals surface area (Å²) in [6.45, 7) is 8.78. The molecule has 2 N–H and O–H groups in total. The molecule has 1 fully saturated rings. The van der Waals surface area contributed by atoms with Gasteiger partial charge >= 0.3 is 0 Å². The van der Waals surface area contributed by atoms with E-state index in [9.17, 15) is 4.79 Å². The maximum atomic E-state index is 11.8. The maximum Gasteiger partial charge on any atom is 0.187 e. The van der Waals surface area contributed by atoms with Gasteiger partial charge in [-0.05, 0) is 13.8 Å². The minimum absolute atomic E-state index is 0. The summed E-state index contributed by atoms with van der Waals surface area (Å²) in [7, 11) is 0. The summed E-state index contributed by atoms with van der Waals surface area (Å²) in [6, 6.07) is 0. The van der Waals surface area contributed by atoms with Crippen molar-refractivity contribution in [3.05, 3.63) is 33.2 Å². The number of aromatic amines is 1. The molecule has 0 saturated carbocycles. The number of pyridine rings is 1. The molecule has 0 aromatic carbocycles. The second kappa shape index (κ2) is 8.09. The Hall–Kier alpha value is -0.170. The minimum Gasteiger partial charge on any atom is -0.363 e. The number of H-pyrrole nitrogens is 1. The first kappa shape index (κ1) is 17.8. The smallest absolute Gasteiger partial charge is 0.187 e. The minimum atomic E-state index is 0. The van der Waals surface area contributed by atoms with Crippen molar-refractivity contribution >= 4 is 34.0 Å². The summed E-state index contributed by atoms with van der Waals surface area (Å²) >= 11 is 0. The maximum absolute atomic E-state index is 11.8. The number of aryl methyl sites for hydroxylation is 1. The molecule has 18 heavy (non-hydrogen) atoms. The van der Waals surface area contributed by atoms with Crippen LogP contribution in [0.15, 0.2) is 11.0 Å². The van der Waals surface area contributed by atoms with Gasteiger partial charge in [0, 0.05) is 55.7 Å². The number of hydrogen-bond donors (Lipinski definition) is 2. The molecule has 0 spiro atoms. The lowest BCUT2D eigenvalue weighted by Crippen LogP contribution is -2.43. The van der Waals surface area contributed by atoms with Gasteiger partial charge in [-0.1, -0.05) is 0 Å².